The number of aliphatic carboxylic acids is 1. The lowest BCUT2D eigenvalue weighted by atomic mass is 9.43. The largest absolute Gasteiger partial charge is 0.511 e. The van der Waals surface area contributed by atoms with E-state index in [2.05, 4.69) is 19.9 Å². The molecule has 0 radical (unpaired) electrons. The molecule has 0 aromatic rings. The van der Waals surface area contributed by atoms with Crippen molar-refractivity contribution in [3.63, 3.8) is 0 Å². The van der Waals surface area contributed by atoms with Gasteiger partial charge >= 0.3 is 5.97 Å². The molecule has 1 heterocycles. The minimum Gasteiger partial charge on any atom is -0.511 e. The molecule has 2 fully saturated rings. The molecule has 3 rings (SSSR count). The Morgan fingerprint density at radius 3 is 2.35 bits per heavy atom. The summed E-state index contributed by atoms with van der Waals surface area (Å²) in [6.07, 6.45) is 5.32. The third-order valence-electron chi connectivity index (χ3n) is 9.02. The molecule has 7 atom stereocenters. The first-order chi connectivity index (χ1) is 14.3. The molecule has 0 spiro atoms. The predicted molar refractivity (Wildman–Crippen MR) is 118 cm³/mol. The number of hydrogen-bond acceptors (Lipinski definition) is 4. The Balaban J connectivity index is 2.33. The number of likely N-dealkylation sites (tertiary alicyclic amines) is 1. The van der Waals surface area contributed by atoms with Crippen LogP contribution >= 0.6 is 0 Å². The highest BCUT2D eigenvalue weighted by atomic mass is 16.4. The second-order valence-corrected chi connectivity index (χ2v) is 10.5. The quantitative estimate of drug-likeness (QED) is 0.298. The fourth-order valence-electron chi connectivity index (χ4n) is 6.68. The Morgan fingerprint density at radius 1 is 1.26 bits per heavy atom. The van der Waals surface area contributed by atoms with Gasteiger partial charge in [0.15, 0.2) is 5.78 Å². The summed E-state index contributed by atoms with van der Waals surface area (Å²) in [5.41, 5.74) is -0.730. The van der Waals surface area contributed by atoms with Crippen LogP contribution < -0.4 is 0 Å². The summed E-state index contributed by atoms with van der Waals surface area (Å²) >= 11 is 0. The van der Waals surface area contributed by atoms with Crippen LogP contribution in [0.15, 0.2) is 23.0 Å². The normalized spacial score (nSPS) is 41.0. The molecule has 6 nitrogen and oxygen atoms in total. The van der Waals surface area contributed by atoms with E-state index in [9.17, 15) is 24.6 Å². The lowest BCUT2D eigenvalue weighted by Crippen LogP contribution is -2.56. The third-order valence-corrected chi connectivity index (χ3v) is 9.02. The molecule has 1 saturated carbocycles. The monoisotopic (exact) mass is 431 g/mol. The number of carbonyl (C=O) groups is 3. The van der Waals surface area contributed by atoms with Crippen molar-refractivity contribution in [2.24, 2.45) is 34.5 Å². The number of Topliss-reactive ketones (excluding diaryl/α,β-unsaturated/α-hetero) is 1. The van der Waals surface area contributed by atoms with E-state index >= 15 is 0 Å². The van der Waals surface area contributed by atoms with Crippen molar-refractivity contribution in [2.75, 3.05) is 7.05 Å². The molecule has 31 heavy (non-hydrogen) atoms. The number of allylic oxidation sites excluding steroid dienone is 3. The molecule has 6 heteroatoms. The fourth-order valence-corrected chi connectivity index (χ4v) is 6.68. The molecule has 1 amide bonds. The number of aliphatic hydroxyl groups excluding tert-OH is 1. The first-order valence-corrected chi connectivity index (χ1v) is 11.5. The van der Waals surface area contributed by atoms with Gasteiger partial charge in [0.2, 0.25) is 0 Å². The number of nitrogens with zero attached hydrogens (tertiary/aromatic N) is 1. The molecule has 2 N–H and O–H groups in total. The standard InChI is InChI=1S/C25H37NO5/c1-8-17(23(30)31)19-14(3)12-16-11-13(2)9-10-24(16,5)25(19,6)21(28)18-20(27)15(4)26(7)22(18)29/h12-13,15-17,19,28H,8-11H2,1-7H3,(H,30,31)/t13-,15-,16+,17+,19+,24-,25+/m1/s1. The van der Waals surface area contributed by atoms with Gasteiger partial charge in [0, 0.05) is 18.4 Å². The van der Waals surface area contributed by atoms with Crippen LogP contribution in [0.3, 0.4) is 0 Å². The van der Waals surface area contributed by atoms with Gasteiger partial charge in [-0.1, -0.05) is 45.8 Å². The van der Waals surface area contributed by atoms with E-state index in [1.807, 2.05) is 20.8 Å². The average molecular weight is 432 g/mol. The number of likely N-dealkylation sites (N-methyl/N-ethyl adjacent to an activating group) is 1. The van der Waals surface area contributed by atoms with E-state index in [0.717, 1.165) is 24.8 Å². The van der Waals surface area contributed by atoms with E-state index in [-0.39, 0.29) is 23.0 Å². The van der Waals surface area contributed by atoms with Crippen molar-refractivity contribution < 1.29 is 24.6 Å². The van der Waals surface area contributed by atoms with Crippen molar-refractivity contribution in [1.29, 1.82) is 0 Å². The smallest absolute Gasteiger partial charge is 0.307 e. The van der Waals surface area contributed by atoms with Crippen molar-refractivity contribution in [3.8, 4) is 0 Å². The first-order valence-electron chi connectivity index (χ1n) is 11.5. The van der Waals surface area contributed by atoms with E-state index in [4.69, 9.17) is 0 Å². The number of amides is 1. The van der Waals surface area contributed by atoms with Crippen LogP contribution in [0.25, 0.3) is 0 Å². The van der Waals surface area contributed by atoms with Crippen LogP contribution in [0, 0.1) is 34.5 Å². The number of ketones is 1. The molecule has 172 valence electrons. The zero-order valence-corrected chi connectivity index (χ0v) is 19.9. The van der Waals surface area contributed by atoms with Crippen molar-refractivity contribution >= 4 is 17.7 Å². The summed E-state index contributed by atoms with van der Waals surface area (Å²) in [7, 11) is 1.57. The highest BCUT2D eigenvalue weighted by molar-refractivity contribution is 6.26. The van der Waals surface area contributed by atoms with Gasteiger partial charge in [-0.15, -0.1) is 0 Å². The van der Waals surface area contributed by atoms with E-state index in [1.54, 1.807) is 14.0 Å². The van der Waals surface area contributed by atoms with Crippen LogP contribution in [0.1, 0.15) is 67.2 Å². The van der Waals surface area contributed by atoms with Crippen LogP contribution in [-0.4, -0.2) is 45.9 Å². The zero-order valence-electron chi connectivity index (χ0n) is 19.9. The maximum absolute atomic E-state index is 13.0. The third kappa shape index (κ3) is 3.16. The molecule has 0 aromatic heterocycles. The highest BCUT2D eigenvalue weighted by Gasteiger charge is 2.63. The van der Waals surface area contributed by atoms with E-state index < -0.39 is 40.6 Å². The lowest BCUT2D eigenvalue weighted by Gasteiger charge is -2.60. The summed E-state index contributed by atoms with van der Waals surface area (Å²) in [5, 5.41) is 21.9. The molecular formula is C25H37NO5. The van der Waals surface area contributed by atoms with Gasteiger partial charge in [0.25, 0.3) is 5.91 Å². The van der Waals surface area contributed by atoms with Crippen LogP contribution in [0.4, 0.5) is 0 Å². The van der Waals surface area contributed by atoms with Gasteiger partial charge < -0.3 is 15.1 Å². The Labute approximate surface area is 185 Å². The molecule has 0 unspecified atom stereocenters. The second-order valence-electron chi connectivity index (χ2n) is 10.5. The molecule has 0 aromatic carbocycles. The molecule has 0 bridgehead atoms. The summed E-state index contributed by atoms with van der Waals surface area (Å²) in [4.78, 5) is 39.7. The molecular weight excluding hydrogens is 394 g/mol. The number of carboxylic acid groups (broad SMARTS) is 1. The maximum Gasteiger partial charge on any atom is 0.307 e. The SMILES string of the molecule is CC[C@H](C(=O)O)[C@@H]1C(C)=C[C@@H]2C[C@H](C)CC[C@@]2(C)[C@]1(C)C(O)=C1C(=O)[C@@H](C)N(C)C1=O. The van der Waals surface area contributed by atoms with E-state index in [0.29, 0.717) is 12.3 Å². The van der Waals surface area contributed by atoms with Gasteiger partial charge in [-0.2, -0.15) is 0 Å². The Bertz CT molecular complexity index is 851. The van der Waals surface area contributed by atoms with Crippen molar-refractivity contribution in [1.82, 2.24) is 4.90 Å². The number of fused-ring (bicyclic) bond motifs is 1. The van der Waals surface area contributed by atoms with Gasteiger partial charge in [-0.25, -0.2) is 0 Å². The fraction of sp³-hybridized carbons (Fsp3) is 0.720. The number of carbonyl (C=O) groups excluding carboxylic acids is 2. The number of rotatable bonds is 4. The Morgan fingerprint density at radius 2 is 1.87 bits per heavy atom. The Kier molecular flexibility index (Phi) is 5.92. The van der Waals surface area contributed by atoms with Gasteiger partial charge in [-0.3, -0.25) is 14.4 Å². The number of aliphatic hydroxyl groups is 1. The zero-order chi connectivity index (χ0) is 23.5. The highest BCUT2D eigenvalue weighted by Crippen LogP contribution is 2.66. The Hall–Kier alpha value is -2.11. The van der Waals surface area contributed by atoms with Crippen molar-refractivity contribution in [3.05, 3.63) is 23.0 Å². The lowest BCUT2D eigenvalue weighted by molar-refractivity contribution is -0.149. The van der Waals surface area contributed by atoms with Crippen LogP contribution in [-0.2, 0) is 14.4 Å². The number of carboxylic acids is 1. The average Bonchev–Trinajstić information content (AvgIpc) is 2.89. The minimum atomic E-state index is -1.04. The molecule has 2 aliphatic carbocycles. The van der Waals surface area contributed by atoms with Gasteiger partial charge in [-0.05, 0) is 50.4 Å². The topological polar surface area (TPSA) is 94.9 Å². The summed E-state index contributed by atoms with van der Waals surface area (Å²) in [6.45, 7) is 11.7. The van der Waals surface area contributed by atoms with Gasteiger partial charge in [0.05, 0.1) is 12.0 Å². The number of hydrogen-bond donors (Lipinski definition) is 2. The maximum atomic E-state index is 13.0. The summed E-state index contributed by atoms with van der Waals surface area (Å²) < 4.78 is 0. The minimum absolute atomic E-state index is 0.147. The summed E-state index contributed by atoms with van der Waals surface area (Å²) in [5.74, 6) is -2.53. The second kappa shape index (κ2) is 7.79. The summed E-state index contributed by atoms with van der Waals surface area (Å²) in [6, 6.07) is -0.636. The molecule has 3 aliphatic rings. The first kappa shape index (κ1) is 23.6. The van der Waals surface area contributed by atoms with Crippen LogP contribution in [0.2, 0.25) is 0 Å². The molecule has 1 aliphatic heterocycles. The predicted octanol–water partition coefficient (Wildman–Crippen LogP) is 4.36. The molecule has 1 saturated heterocycles. The van der Waals surface area contributed by atoms with E-state index in [1.165, 1.54) is 4.90 Å². The van der Waals surface area contributed by atoms with Gasteiger partial charge in [0.1, 0.15) is 11.3 Å². The van der Waals surface area contributed by atoms with Crippen molar-refractivity contribution in [2.45, 2.75) is 73.3 Å². The van der Waals surface area contributed by atoms with Crippen LogP contribution in [0.5, 0.6) is 0 Å².